The Labute approximate surface area is 546 Å². The normalized spacial score (nSPS) is 13.3. The van der Waals surface area contributed by atoms with Crippen molar-refractivity contribution in [1.82, 2.24) is 59.8 Å². The molecule has 0 unspecified atom stereocenters. The maximum Gasteiger partial charge on any atom is 0.161 e. The highest BCUT2D eigenvalue weighted by Crippen LogP contribution is 2.40. The molecule has 2 fully saturated rings. The zero-order valence-electron chi connectivity index (χ0n) is 52.0. The molecule has 17 nitrogen and oxygen atoms in total. The van der Waals surface area contributed by atoms with E-state index in [1.165, 1.54) is 86.3 Å². The zero-order valence-corrected chi connectivity index (χ0v) is 54.4. The molecule has 12 aromatic rings. The molecule has 2 aliphatic rings. The summed E-state index contributed by atoms with van der Waals surface area (Å²) in [6.07, 6.45) is 24.3. The van der Waals surface area contributed by atoms with Gasteiger partial charge < -0.3 is 40.7 Å². The first-order valence-corrected chi connectivity index (χ1v) is 31.8. The number of aromatic nitrogens is 12. The van der Waals surface area contributed by atoms with E-state index in [-0.39, 0.29) is 47.6 Å². The SMILES string of the molecule is CC(C)c1cnc(-c2ccc(F)cc2)nc1Nc1ccnc2[nH]cc(Br)c12.CC(C)c1cnc(-c2ccc(F)cc2)nc1Nc1ccnc2[nH]cc(N3CCCCC3)c12.CC(C)c1cnc(-c2ccc(F)cc2)nc1Nc1ccnc2[nH]cc(N3CCCCC3)c12.Cl. The van der Waals surface area contributed by atoms with Gasteiger partial charge in [0, 0.05) is 120 Å². The van der Waals surface area contributed by atoms with E-state index in [2.05, 4.69) is 140 Å². The van der Waals surface area contributed by atoms with Crippen LogP contribution in [0.3, 0.4) is 0 Å². The van der Waals surface area contributed by atoms with Crippen LogP contribution >= 0.6 is 28.3 Å². The number of anilines is 8. The Morgan fingerprint density at radius 3 is 1.03 bits per heavy atom. The molecule has 2 aliphatic heterocycles. The number of hydrogen-bond acceptors (Lipinski definition) is 14. The zero-order chi connectivity index (χ0) is 63.1. The third-order valence-electron chi connectivity index (χ3n) is 16.4. The lowest BCUT2D eigenvalue weighted by Crippen LogP contribution is -2.29. The number of benzene rings is 3. The third kappa shape index (κ3) is 14.3. The topological polar surface area (TPSA) is 206 Å². The second kappa shape index (κ2) is 28.8. The van der Waals surface area contributed by atoms with Crippen molar-refractivity contribution in [3.05, 3.63) is 185 Å². The number of fused-ring (bicyclic) bond motifs is 3. The largest absolute Gasteiger partial charge is 0.370 e. The first-order valence-electron chi connectivity index (χ1n) is 31.0. The summed E-state index contributed by atoms with van der Waals surface area (Å²) >= 11 is 3.56. The van der Waals surface area contributed by atoms with Crippen molar-refractivity contribution in [2.24, 2.45) is 0 Å². The fourth-order valence-electron chi connectivity index (χ4n) is 11.5. The summed E-state index contributed by atoms with van der Waals surface area (Å²) < 4.78 is 40.9. The molecule has 3 aromatic carbocycles. The average Bonchev–Trinajstić information content (AvgIpc) is 1.61. The van der Waals surface area contributed by atoms with Crippen molar-refractivity contribution in [1.29, 1.82) is 0 Å². The fraction of sp³-hybridized carbons (Fsp3) is 0.271. The minimum Gasteiger partial charge on any atom is -0.370 e. The average molecular weight is 1320 g/mol. The molecule has 14 rings (SSSR count). The lowest BCUT2D eigenvalue weighted by molar-refractivity contribution is 0.579. The molecule has 0 radical (unpaired) electrons. The summed E-state index contributed by atoms with van der Waals surface area (Å²) in [4.78, 5) is 56.0. The number of halogens is 5. The minimum atomic E-state index is -0.285. The first-order chi connectivity index (χ1) is 44.2. The van der Waals surface area contributed by atoms with E-state index in [9.17, 15) is 13.2 Å². The quantitative estimate of drug-likeness (QED) is 0.0599. The number of nitrogens with zero attached hydrogens (tertiary/aromatic N) is 11. The van der Waals surface area contributed by atoms with Gasteiger partial charge >= 0.3 is 0 Å². The van der Waals surface area contributed by atoms with E-state index < -0.39 is 0 Å². The number of pyridine rings is 3. The van der Waals surface area contributed by atoms with Crippen LogP contribution in [-0.2, 0) is 0 Å². The summed E-state index contributed by atoms with van der Waals surface area (Å²) in [5, 5.41) is 13.7. The predicted molar refractivity (Wildman–Crippen MR) is 370 cm³/mol. The fourth-order valence-corrected chi connectivity index (χ4v) is 12.0. The standard InChI is InChI=1S/2C25H27FN6.C20H17BrFN5.ClH/c2*1-16(2)19-14-28-23(17-6-8-18(26)9-7-17)31-24(19)30-20-10-11-27-25-22(20)21(15-29-25)32-12-4-3-5-13-32;1-11(2)14-9-24-18(12-3-5-13(22)6-4-12)27-19(14)26-16-7-8-23-20-17(16)15(21)10-25-20;/h2*6-11,14-16H,3-5,12-13H2,1-2H3,(H2,27,28,29,30,31);3-11H,1-2H3,(H2,23,24,25,26,27);1H. The molecule has 0 spiro atoms. The number of nitrogens with one attached hydrogen (secondary N) is 6. The Hall–Kier alpha value is -9.47. The van der Waals surface area contributed by atoms with E-state index >= 15 is 0 Å². The molecule has 6 N–H and O–H groups in total. The van der Waals surface area contributed by atoms with Crippen molar-refractivity contribution < 1.29 is 13.2 Å². The molecule has 2 saturated heterocycles. The highest BCUT2D eigenvalue weighted by atomic mass is 79.9. The number of piperidine rings is 2. The van der Waals surface area contributed by atoms with Crippen LogP contribution in [0, 0.1) is 17.5 Å². The van der Waals surface area contributed by atoms with Crippen LogP contribution < -0.4 is 25.8 Å². The molecule has 0 aliphatic carbocycles. The molecule has 0 atom stereocenters. The molecule has 0 bridgehead atoms. The second-order valence-corrected chi connectivity index (χ2v) is 24.5. The van der Waals surface area contributed by atoms with E-state index in [1.54, 1.807) is 55.0 Å². The van der Waals surface area contributed by atoms with Gasteiger partial charge in [0.1, 0.15) is 51.8 Å². The molecule has 92 heavy (non-hydrogen) atoms. The highest BCUT2D eigenvalue weighted by molar-refractivity contribution is 9.10. The van der Waals surface area contributed by atoms with E-state index in [0.717, 1.165) is 132 Å². The lowest BCUT2D eigenvalue weighted by atomic mass is 10.1. The van der Waals surface area contributed by atoms with Gasteiger partial charge in [-0.15, -0.1) is 12.4 Å². The van der Waals surface area contributed by atoms with Crippen LogP contribution in [0.2, 0.25) is 0 Å². The summed E-state index contributed by atoms with van der Waals surface area (Å²) in [7, 11) is 0. The molecule has 9 aromatic heterocycles. The summed E-state index contributed by atoms with van der Waals surface area (Å²) in [6.45, 7) is 16.9. The maximum atomic E-state index is 13.4. The summed E-state index contributed by atoms with van der Waals surface area (Å²) in [5.74, 6) is 3.79. The maximum absolute atomic E-state index is 13.4. The van der Waals surface area contributed by atoms with Gasteiger partial charge in [0.05, 0.1) is 44.6 Å². The molecule has 0 amide bonds. The molecular formula is C70H72BrClF3N17. The van der Waals surface area contributed by atoms with Gasteiger partial charge in [0.15, 0.2) is 17.5 Å². The number of hydrogen-bond donors (Lipinski definition) is 6. The Kier molecular flexibility index (Phi) is 20.0. The third-order valence-corrected chi connectivity index (χ3v) is 17.0. The van der Waals surface area contributed by atoms with Crippen molar-refractivity contribution in [2.45, 2.75) is 97.8 Å². The molecule has 0 saturated carbocycles. The lowest BCUT2D eigenvalue weighted by Gasteiger charge is -2.28. The highest BCUT2D eigenvalue weighted by Gasteiger charge is 2.23. The Morgan fingerprint density at radius 2 is 0.707 bits per heavy atom. The van der Waals surface area contributed by atoms with Crippen LogP contribution in [-0.4, -0.2) is 86.0 Å². The van der Waals surface area contributed by atoms with Crippen molar-refractivity contribution >= 4 is 107 Å². The van der Waals surface area contributed by atoms with Crippen LogP contribution in [0.4, 0.5) is 59.1 Å². The second-order valence-electron chi connectivity index (χ2n) is 23.7. The van der Waals surface area contributed by atoms with E-state index in [0.29, 0.717) is 17.5 Å². The van der Waals surface area contributed by atoms with E-state index in [4.69, 9.17) is 15.0 Å². The molecular weight excluding hydrogens is 1250 g/mol. The Bertz CT molecular complexity index is 4270. The van der Waals surface area contributed by atoms with Crippen molar-refractivity contribution in [2.75, 3.05) is 51.9 Å². The minimum absolute atomic E-state index is 0. The van der Waals surface area contributed by atoms with Crippen LogP contribution in [0.25, 0.3) is 67.3 Å². The molecule has 22 heteroatoms. The Balaban J connectivity index is 0.000000141. The van der Waals surface area contributed by atoms with Crippen LogP contribution in [0.1, 0.15) is 115 Å². The summed E-state index contributed by atoms with van der Waals surface area (Å²) in [6, 6.07) is 24.6. The number of H-pyrrole nitrogens is 3. The number of aromatic amines is 3. The van der Waals surface area contributed by atoms with Gasteiger partial charge in [-0.2, -0.15) is 0 Å². The van der Waals surface area contributed by atoms with Gasteiger partial charge in [-0.1, -0.05) is 41.5 Å². The van der Waals surface area contributed by atoms with Gasteiger partial charge in [-0.05, 0) is 163 Å². The van der Waals surface area contributed by atoms with Crippen LogP contribution in [0.15, 0.2) is 151 Å². The Morgan fingerprint density at radius 1 is 0.402 bits per heavy atom. The van der Waals surface area contributed by atoms with Gasteiger partial charge in [-0.3, -0.25) is 0 Å². The van der Waals surface area contributed by atoms with E-state index in [1.807, 2.05) is 43.0 Å². The van der Waals surface area contributed by atoms with Gasteiger partial charge in [0.25, 0.3) is 0 Å². The van der Waals surface area contributed by atoms with Gasteiger partial charge in [0.2, 0.25) is 0 Å². The van der Waals surface area contributed by atoms with Crippen molar-refractivity contribution in [3.63, 3.8) is 0 Å². The predicted octanol–water partition coefficient (Wildman–Crippen LogP) is 18.2. The number of rotatable bonds is 14. The summed E-state index contributed by atoms with van der Waals surface area (Å²) in [5.41, 5.74) is 13.0. The smallest absolute Gasteiger partial charge is 0.161 e. The molecule has 11 heterocycles. The van der Waals surface area contributed by atoms with Crippen LogP contribution in [0.5, 0.6) is 0 Å². The molecule has 472 valence electrons. The van der Waals surface area contributed by atoms with Gasteiger partial charge in [-0.25, -0.2) is 58.0 Å². The first kappa shape index (κ1) is 64.1. The van der Waals surface area contributed by atoms with Crippen molar-refractivity contribution in [3.8, 4) is 34.2 Å². The monoisotopic (exact) mass is 1320 g/mol.